The topological polar surface area (TPSA) is 23.6 Å². The number of urea groups is 1. The molecular weight excluding hydrogens is 200 g/mol. The Labute approximate surface area is 98.8 Å². The van der Waals surface area contributed by atoms with Crippen LogP contribution >= 0.6 is 0 Å². The molecule has 3 nitrogen and oxygen atoms in total. The molecule has 2 saturated heterocycles. The summed E-state index contributed by atoms with van der Waals surface area (Å²) in [6.07, 6.45) is 6.09. The van der Waals surface area contributed by atoms with Gasteiger partial charge in [0, 0.05) is 25.7 Å². The van der Waals surface area contributed by atoms with Crippen LogP contribution in [0.2, 0.25) is 0 Å². The van der Waals surface area contributed by atoms with Crippen molar-refractivity contribution >= 4 is 6.03 Å². The SMILES string of the molecule is CC1CCC(C)N(C(=O)N2CCCCC2)C1. The van der Waals surface area contributed by atoms with Gasteiger partial charge >= 0.3 is 6.03 Å². The third-order valence-electron chi connectivity index (χ3n) is 3.99. The molecule has 2 aliphatic heterocycles. The zero-order valence-electron chi connectivity index (χ0n) is 10.6. The van der Waals surface area contributed by atoms with Crippen molar-refractivity contribution in [3.8, 4) is 0 Å². The lowest BCUT2D eigenvalue weighted by molar-refractivity contribution is 0.0988. The van der Waals surface area contributed by atoms with Crippen LogP contribution in [-0.2, 0) is 0 Å². The number of nitrogens with zero attached hydrogens (tertiary/aromatic N) is 2. The largest absolute Gasteiger partial charge is 0.325 e. The smallest absolute Gasteiger partial charge is 0.320 e. The van der Waals surface area contributed by atoms with E-state index in [0.717, 1.165) is 19.6 Å². The van der Waals surface area contributed by atoms with Crippen LogP contribution in [0.4, 0.5) is 4.79 Å². The lowest BCUT2D eigenvalue weighted by atomic mass is 9.95. The summed E-state index contributed by atoms with van der Waals surface area (Å²) in [5, 5.41) is 0. The maximum Gasteiger partial charge on any atom is 0.320 e. The molecule has 0 aromatic rings. The number of amides is 2. The maximum atomic E-state index is 12.4. The number of carbonyl (C=O) groups excluding carboxylic acids is 1. The highest BCUT2D eigenvalue weighted by Gasteiger charge is 2.30. The van der Waals surface area contributed by atoms with Crippen LogP contribution < -0.4 is 0 Å². The van der Waals surface area contributed by atoms with Gasteiger partial charge in [0.2, 0.25) is 0 Å². The molecule has 0 bridgehead atoms. The molecule has 3 heteroatoms. The summed E-state index contributed by atoms with van der Waals surface area (Å²) in [5.41, 5.74) is 0. The minimum Gasteiger partial charge on any atom is -0.325 e. The molecule has 0 spiro atoms. The van der Waals surface area contributed by atoms with E-state index < -0.39 is 0 Å². The van der Waals surface area contributed by atoms with Gasteiger partial charge in [0.05, 0.1) is 0 Å². The van der Waals surface area contributed by atoms with Gasteiger partial charge < -0.3 is 9.80 Å². The molecule has 2 aliphatic rings. The van der Waals surface area contributed by atoms with Crippen LogP contribution in [0.3, 0.4) is 0 Å². The first-order valence-corrected chi connectivity index (χ1v) is 6.74. The second kappa shape index (κ2) is 5.07. The second-order valence-corrected chi connectivity index (χ2v) is 5.51. The van der Waals surface area contributed by atoms with Gasteiger partial charge in [-0.1, -0.05) is 6.92 Å². The van der Waals surface area contributed by atoms with Crippen LogP contribution in [0.15, 0.2) is 0 Å². The van der Waals surface area contributed by atoms with E-state index >= 15 is 0 Å². The van der Waals surface area contributed by atoms with E-state index in [1.165, 1.54) is 32.1 Å². The lowest BCUT2D eigenvalue weighted by Crippen LogP contribution is -2.52. The maximum absolute atomic E-state index is 12.4. The van der Waals surface area contributed by atoms with Crippen molar-refractivity contribution < 1.29 is 4.79 Å². The zero-order valence-corrected chi connectivity index (χ0v) is 10.6. The van der Waals surface area contributed by atoms with Gasteiger partial charge in [0.25, 0.3) is 0 Å². The molecule has 2 unspecified atom stereocenters. The quantitative estimate of drug-likeness (QED) is 0.620. The molecule has 2 fully saturated rings. The first-order valence-electron chi connectivity index (χ1n) is 6.74. The first kappa shape index (κ1) is 11.7. The highest BCUT2D eigenvalue weighted by molar-refractivity contribution is 5.75. The summed E-state index contributed by atoms with van der Waals surface area (Å²) in [4.78, 5) is 16.5. The number of likely N-dealkylation sites (tertiary alicyclic amines) is 2. The molecule has 0 aliphatic carbocycles. The molecule has 92 valence electrons. The Morgan fingerprint density at radius 1 is 1.06 bits per heavy atom. The Balaban J connectivity index is 1.96. The highest BCUT2D eigenvalue weighted by Crippen LogP contribution is 2.23. The van der Waals surface area contributed by atoms with Crippen molar-refractivity contribution in [3.05, 3.63) is 0 Å². The average molecular weight is 224 g/mol. The van der Waals surface area contributed by atoms with E-state index in [9.17, 15) is 4.79 Å². The third kappa shape index (κ3) is 2.50. The predicted octanol–water partition coefficient (Wildman–Crippen LogP) is 2.71. The number of hydrogen-bond acceptors (Lipinski definition) is 1. The van der Waals surface area contributed by atoms with Gasteiger partial charge in [0.15, 0.2) is 0 Å². The van der Waals surface area contributed by atoms with Gasteiger partial charge in [-0.25, -0.2) is 4.79 Å². The summed E-state index contributed by atoms with van der Waals surface area (Å²) in [6, 6.07) is 0.726. The molecule has 2 heterocycles. The number of rotatable bonds is 0. The summed E-state index contributed by atoms with van der Waals surface area (Å²) in [6.45, 7) is 7.33. The normalized spacial score (nSPS) is 31.6. The summed E-state index contributed by atoms with van der Waals surface area (Å²) < 4.78 is 0. The number of carbonyl (C=O) groups is 1. The van der Waals surface area contributed by atoms with Crippen LogP contribution in [0, 0.1) is 5.92 Å². The Hall–Kier alpha value is -0.730. The summed E-state index contributed by atoms with van der Waals surface area (Å²) >= 11 is 0. The molecule has 2 rings (SSSR count). The van der Waals surface area contributed by atoms with E-state index in [1.54, 1.807) is 0 Å². The van der Waals surface area contributed by atoms with Gasteiger partial charge in [-0.3, -0.25) is 0 Å². The molecule has 2 amide bonds. The summed E-state index contributed by atoms with van der Waals surface area (Å²) in [5.74, 6) is 0.671. The monoisotopic (exact) mass is 224 g/mol. The lowest BCUT2D eigenvalue weighted by Gasteiger charge is -2.40. The van der Waals surface area contributed by atoms with Crippen molar-refractivity contribution in [2.24, 2.45) is 5.92 Å². The molecule has 0 aromatic carbocycles. The molecule has 0 aromatic heterocycles. The van der Waals surface area contributed by atoms with Gasteiger partial charge in [-0.15, -0.1) is 0 Å². The van der Waals surface area contributed by atoms with Crippen LogP contribution in [0.1, 0.15) is 46.0 Å². The van der Waals surface area contributed by atoms with Crippen molar-refractivity contribution in [3.63, 3.8) is 0 Å². The Morgan fingerprint density at radius 3 is 2.44 bits per heavy atom. The van der Waals surface area contributed by atoms with E-state index in [4.69, 9.17) is 0 Å². The fourth-order valence-electron chi connectivity index (χ4n) is 2.82. The van der Waals surface area contributed by atoms with Crippen molar-refractivity contribution in [1.82, 2.24) is 9.80 Å². The molecule has 0 radical (unpaired) electrons. The van der Waals surface area contributed by atoms with E-state index in [0.29, 0.717) is 18.0 Å². The molecular formula is C13H24N2O. The first-order chi connectivity index (χ1) is 7.68. The van der Waals surface area contributed by atoms with Crippen LogP contribution in [0.5, 0.6) is 0 Å². The number of hydrogen-bond donors (Lipinski definition) is 0. The standard InChI is InChI=1S/C13H24N2O/c1-11-6-7-12(2)15(10-11)13(16)14-8-4-3-5-9-14/h11-12H,3-10H2,1-2H3. The summed E-state index contributed by atoms with van der Waals surface area (Å²) in [7, 11) is 0. The van der Waals surface area contributed by atoms with Crippen molar-refractivity contribution in [2.75, 3.05) is 19.6 Å². The van der Waals surface area contributed by atoms with Gasteiger partial charge in [-0.2, -0.15) is 0 Å². The zero-order chi connectivity index (χ0) is 11.5. The predicted molar refractivity (Wildman–Crippen MR) is 65.4 cm³/mol. The van der Waals surface area contributed by atoms with Gasteiger partial charge in [-0.05, 0) is 44.9 Å². The van der Waals surface area contributed by atoms with E-state index in [2.05, 4.69) is 23.6 Å². The van der Waals surface area contributed by atoms with Crippen molar-refractivity contribution in [1.29, 1.82) is 0 Å². The Kier molecular flexibility index (Phi) is 3.72. The second-order valence-electron chi connectivity index (χ2n) is 5.51. The minimum atomic E-state index is 0.291. The number of piperidine rings is 2. The molecule has 16 heavy (non-hydrogen) atoms. The van der Waals surface area contributed by atoms with Crippen molar-refractivity contribution in [2.45, 2.75) is 52.0 Å². The highest BCUT2D eigenvalue weighted by atomic mass is 16.2. The fourth-order valence-corrected chi connectivity index (χ4v) is 2.82. The van der Waals surface area contributed by atoms with Crippen LogP contribution in [0.25, 0.3) is 0 Å². The van der Waals surface area contributed by atoms with Crippen LogP contribution in [-0.4, -0.2) is 41.5 Å². The Morgan fingerprint density at radius 2 is 1.75 bits per heavy atom. The fraction of sp³-hybridized carbons (Fsp3) is 0.923. The molecule has 0 saturated carbocycles. The average Bonchev–Trinajstić information content (AvgIpc) is 2.32. The minimum absolute atomic E-state index is 0.291. The molecule has 0 N–H and O–H groups in total. The Bertz CT molecular complexity index is 248. The molecule has 2 atom stereocenters. The van der Waals surface area contributed by atoms with Gasteiger partial charge in [0.1, 0.15) is 0 Å². The van der Waals surface area contributed by atoms with E-state index in [-0.39, 0.29) is 0 Å². The van der Waals surface area contributed by atoms with E-state index in [1.807, 2.05) is 0 Å². The third-order valence-corrected chi connectivity index (χ3v) is 3.99.